The molecule has 0 saturated heterocycles. The lowest BCUT2D eigenvalue weighted by atomic mass is 10.2. The fourth-order valence-corrected chi connectivity index (χ4v) is 2.28. The van der Waals surface area contributed by atoms with Gasteiger partial charge in [-0.25, -0.2) is 0 Å². The van der Waals surface area contributed by atoms with E-state index in [9.17, 15) is 4.79 Å². The number of hydrogen-bond donors (Lipinski definition) is 2. The van der Waals surface area contributed by atoms with Gasteiger partial charge in [-0.05, 0) is 40.9 Å². The summed E-state index contributed by atoms with van der Waals surface area (Å²) in [7, 11) is 1.84. The fraction of sp³-hybridized carbons (Fsp3) is 0.273. The Morgan fingerprint density at radius 3 is 3.05 bits per heavy atom. The molecule has 2 rings (SSSR count). The van der Waals surface area contributed by atoms with Crippen molar-refractivity contribution in [2.24, 2.45) is 7.05 Å². The van der Waals surface area contributed by atoms with Gasteiger partial charge in [0.25, 0.3) is 5.91 Å². The molecule has 0 atom stereocenters. The third-order valence-corrected chi connectivity index (χ3v) is 3.85. The maximum atomic E-state index is 11.9. The van der Waals surface area contributed by atoms with Crippen molar-refractivity contribution in [2.75, 3.05) is 6.54 Å². The molecule has 100 valence electrons. The number of aromatic nitrogens is 4. The average molecular weight is 389 g/mol. The van der Waals surface area contributed by atoms with Crippen LogP contribution in [0.25, 0.3) is 0 Å². The van der Waals surface area contributed by atoms with Crippen molar-refractivity contribution in [3.8, 4) is 0 Å². The highest BCUT2D eigenvalue weighted by Gasteiger charge is 2.09. The number of carbonyl (C=O) groups excluding carboxylic acids is 1. The minimum atomic E-state index is -0.108. The second-order valence-electron chi connectivity index (χ2n) is 3.87. The minimum absolute atomic E-state index is 0.108. The lowest BCUT2D eigenvalue weighted by Crippen LogP contribution is -2.27. The summed E-state index contributed by atoms with van der Waals surface area (Å²) in [6, 6.07) is 1.70. The number of pyridine rings is 1. The predicted octanol–water partition coefficient (Wildman–Crippen LogP) is 1.45. The summed E-state index contributed by atoms with van der Waals surface area (Å²) >= 11 is 7.11. The molecule has 2 N–H and O–H groups in total. The highest BCUT2D eigenvalue weighted by molar-refractivity contribution is 14.1. The minimum Gasteiger partial charge on any atom is -0.352 e. The van der Waals surface area contributed by atoms with Gasteiger partial charge in [0.1, 0.15) is 5.82 Å². The Morgan fingerprint density at radius 2 is 2.42 bits per heavy atom. The number of carbonyl (C=O) groups is 1. The summed E-state index contributed by atoms with van der Waals surface area (Å²) in [5.74, 6) is 0.707. The van der Waals surface area contributed by atoms with Crippen molar-refractivity contribution in [1.29, 1.82) is 0 Å². The molecule has 0 radical (unpaired) electrons. The summed E-state index contributed by atoms with van der Waals surface area (Å²) in [6.07, 6.45) is 3.89. The summed E-state index contributed by atoms with van der Waals surface area (Å²) in [5.41, 5.74) is 0.631. The van der Waals surface area contributed by atoms with Gasteiger partial charge in [0.15, 0.2) is 4.77 Å². The van der Waals surface area contributed by atoms with Gasteiger partial charge in [-0.3, -0.25) is 14.9 Å². The number of nitrogens with one attached hydrogen (secondary N) is 2. The maximum Gasteiger partial charge on any atom is 0.252 e. The Kier molecular flexibility index (Phi) is 4.64. The molecule has 8 heteroatoms. The number of nitrogens with zero attached hydrogens (tertiary/aromatic N) is 3. The number of aromatic amines is 1. The van der Waals surface area contributed by atoms with Crippen molar-refractivity contribution < 1.29 is 4.79 Å². The van der Waals surface area contributed by atoms with Crippen LogP contribution in [0.15, 0.2) is 18.5 Å². The van der Waals surface area contributed by atoms with E-state index in [2.05, 4.69) is 43.1 Å². The molecule has 2 aromatic heterocycles. The Labute approximate surface area is 128 Å². The zero-order chi connectivity index (χ0) is 13.8. The van der Waals surface area contributed by atoms with E-state index >= 15 is 0 Å². The normalized spacial score (nSPS) is 10.4. The highest BCUT2D eigenvalue weighted by Crippen LogP contribution is 2.09. The molecule has 0 aliphatic rings. The number of halogens is 1. The van der Waals surface area contributed by atoms with E-state index in [4.69, 9.17) is 12.2 Å². The predicted molar refractivity (Wildman–Crippen MR) is 81.4 cm³/mol. The van der Waals surface area contributed by atoms with Crippen LogP contribution >= 0.6 is 34.8 Å². The smallest absolute Gasteiger partial charge is 0.252 e. The first kappa shape index (κ1) is 14.1. The maximum absolute atomic E-state index is 11.9. The monoisotopic (exact) mass is 389 g/mol. The van der Waals surface area contributed by atoms with Gasteiger partial charge in [-0.2, -0.15) is 5.10 Å². The molecule has 0 aliphatic carbocycles. The number of H-pyrrole nitrogens is 1. The van der Waals surface area contributed by atoms with Crippen LogP contribution in [-0.4, -0.2) is 32.2 Å². The second kappa shape index (κ2) is 6.24. The summed E-state index contributed by atoms with van der Waals surface area (Å²) in [5, 5.41) is 9.65. The molecule has 2 aromatic rings. The van der Waals surface area contributed by atoms with Crippen LogP contribution < -0.4 is 5.32 Å². The lowest BCUT2D eigenvalue weighted by molar-refractivity contribution is 0.0953. The van der Waals surface area contributed by atoms with Crippen LogP contribution in [-0.2, 0) is 13.5 Å². The largest absolute Gasteiger partial charge is 0.352 e. The molecule has 2 heterocycles. The van der Waals surface area contributed by atoms with Gasteiger partial charge < -0.3 is 9.88 Å². The van der Waals surface area contributed by atoms with E-state index in [-0.39, 0.29) is 5.91 Å². The number of amides is 1. The third kappa shape index (κ3) is 3.38. The van der Waals surface area contributed by atoms with E-state index in [0.717, 1.165) is 9.39 Å². The molecular formula is C11H12IN5OS. The van der Waals surface area contributed by atoms with Gasteiger partial charge in [-0.1, -0.05) is 0 Å². The van der Waals surface area contributed by atoms with Crippen molar-refractivity contribution in [3.05, 3.63) is 38.2 Å². The van der Waals surface area contributed by atoms with Gasteiger partial charge in [0.2, 0.25) is 0 Å². The first-order chi connectivity index (χ1) is 9.09. The molecule has 19 heavy (non-hydrogen) atoms. The molecule has 0 saturated carbocycles. The van der Waals surface area contributed by atoms with E-state index in [1.807, 2.05) is 7.05 Å². The molecular weight excluding hydrogens is 377 g/mol. The van der Waals surface area contributed by atoms with E-state index < -0.39 is 0 Å². The fourth-order valence-electron chi connectivity index (χ4n) is 1.55. The topological polar surface area (TPSA) is 75.6 Å². The average Bonchev–Trinajstić information content (AvgIpc) is 2.71. The molecule has 6 nitrogen and oxygen atoms in total. The second-order valence-corrected chi connectivity index (χ2v) is 5.41. The van der Waals surface area contributed by atoms with Gasteiger partial charge >= 0.3 is 0 Å². The molecule has 0 fully saturated rings. The standard InChI is InChI=1S/C11H12IN5OS/c1-17-9(15-16-11(17)19)3-5-14-10(18)7-2-4-13-6-8(7)12/h2,4,6H,3,5H2,1H3,(H,14,18)(H,16,19). The molecule has 0 spiro atoms. The first-order valence-electron chi connectivity index (χ1n) is 5.57. The molecule has 0 bridgehead atoms. The van der Waals surface area contributed by atoms with Crippen LogP contribution in [0.2, 0.25) is 0 Å². The molecule has 0 unspecified atom stereocenters. The Morgan fingerprint density at radius 1 is 1.63 bits per heavy atom. The van der Waals surface area contributed by atoms with Crippen molar-refractivity contribution in [3.63, 3.8) is 0 Å². The highest BCUT2D eigenvalue weighted by atomic mass is 127. The van der Waals surface area contributed by atoms with Crippen LogP contribution in [0.4, 0.5) is 0 Å². The van der Waals surface area contributed by atoms with Crippen LogP contribution in [0.1, 0.15) is 16.2 Å². The number of hydrogen-bond acceptors (Lipinski definition) is 4. The van der Waals surface area contributed by atoms with Crippen molar-refractivity contribution >= 4 is 40.7 Å². The number of rotatable bonds is 4. The van der Waals surface area contributed by atoms with E-state index in [1.165, 1.54) is 0 Å². The van der Waals surface area contributed by atoms with Crippen LogP contribution in [0, 0.1) is 8.34 Å². The van der Waals surface area contributed by atoms with Crippen LogP contribution in [0.5, 0.6) is 0 Å². The van der Waals surface area contributed by atoms with E-state index in [0.29, 0.717) is 23.3 Å². The van der Waals surface area contributed by atoms with Crippen LogP contribution in [0.3, 0.4) is 0 Å². The van der Waals surface area contributed by atoms with Gasteiger partial charge in [-0.15, -0.1) is 0 Å². The first-order valence-corrected chi connectivity index (χ1v) is 7.06. The summed E-state index contributed by atoms with van der Waals surface area (Å²) in [4.78, 5) is 15.9. The van der Waals surface area contributed by atoms with Gasteiger partial charge in [0, 0.05) is 36.0 Å². The molecule has 0 aliphatic heterocycles. The van der Waals surface area contributed by atoms with Crippen molar-refractivity contribution in [2.45, 2.75) is 6.42 Å². The van der Waals surface area contributed by atoms with Gasteiger partial charge in [0.05, 0.1) is 5.56 Å². The zero-order valence-corrected chi connectivity index (χ0v) is 13.2. The zero-order valence-electron chi connectivity index (χ0n) is 10.2. The summed E-state index contributed by atoms with van der Waals surface area (Å²) in [6.45, 7) is 0.505. The van der Waals surface area contributed by atoms with E-state index in [1.54, 1.807) is 23.0 Å². The summed E-state index contributed by atoms with van der Waals surface area (Å²) < 4.78 is 3.19. The van der Waals surface area contributed by atoms with Crippen molar-refractivity contribution in [1.82, 2.24) is 25.1 Å². The third-order valence-electron chi connectivity index (χ3n) is 2.62. The quantitative estimate of drug-likeness (QED) is 0.613. The molecule has 0 aromatic carbocycles. The Bertz CT molecular complexity index is 651. The Hall–Kier alpha value is -1.29. The molecule has 1 amide bonds. The SMILES string of the molecule is Cn1c(CCNC(=O)c2ccncc2I)n[nH]c1=S. The lowest BCUT2D eigenvalue weighted by Gasteiger charge is -2.06. The Balaban J connectivity index is 1.93.